The third-order valence-electron chi connectivity index (χ3n) is 3.82. The number of rotatable bonds is 2. The lowest BCUT2D eigenvalue weighted by atomic mass is 9.90. The van der Waals surface area contributed by atoms with Gasteiger partial charge >= 0.3 is 6.18 Å². The van der Waals surface area contributed by atoms with Crippen LogP contribution in [0.2, 0.25) is 0 Å². The zero-order valence-electron chi connectivity index (χ0n) is 11.5. The molecule has 1 heterocycles. The second kappa shape index (κ2) is 5.64. The number of nitrogens with zero attached hydrogens (tertiary/aromatic N) is 1. The molecule has 7 heteroatoms. The molecule has 1 aromatic carbocycles. The lowest BCUT2D eigenvalue weighted by molar-refractivity contribution is -0.137. The molecule has 2 aromatic rings. The SMILES string of the molecule is OC(O)C1CCCc2sc(-c3ccc(C(F)(F)F)cc3)nc21. The van der Waals surface area contributed by atoms with Gasteiger partial charge in [-0.3, -0.25) is 0 Å². The molecule has 1 unspecified atom stereocenters. The fourth-order valence-corrected chi connectivity index (χ4v) is 3.85. The summed E-state index contributed by atoms with van der Waals surface area (Å²) in [7, 11) is 0. The molecule has 118 valence electrons. The predicted octanol–water partition coefficient (Wildman–Crippen LogP) is 3.56. The number of hydrogen-bond acceptors (Lipinski definition) is 4. The van der Waals surface area contributed by atoms with Crippen molar-refractivity contribution in [2.45, 2.75) is 37.6 Å². The van der Waals surface area contributed by atoms with Crippen molar-refractivity contribution in [1.29, 1.82) is 0 Å². The van der Waals surface area contributed by atoms with E-state index in [0.29, 0.717) is 22.7 Å². The van der Waals surface area contributed by atoms with E-state index in [0.717, 1.165) is 29.9 Å². The lowest BCUT2D eigenvalue weighted by Gasteiger charge is -2.22. The minimum absolute atomic E-state index is 0.414. The van der Waals surface area contributed by atoms with Gasteiger partial charge < -0.3 is 10.2 Å². The average Bonchev–Trinajstić information content (AvgIpc) is 2.90. The molecule has 0 saturated heterocycles. The summed E-state index contributed by atoms with van der Waals surface area (Å²) in [5, 5.41) is 19.5. The van der Waals surface area contributed by atoms with Crippen molar-refractivity contribution in [2.75, 3.05) is 0 Å². The zero-order valence-corrected chi connectivity index (χ0v) is 12.3. The molecule has 0 bridgehead atoms. The smallest absolute Gasteiger partial charge is 0.368 e. The van der Waals surface area contributed by atoms with Crippen molar-refractivity contribution in [3.05, 3.63) is 40.4 Å². The number of aromatic nitrogens is 1. The Labute approximate surface area is 129 Å². The number of halogens is 3. The molecule has 1 aliphatic carbocycles. The topological polar surface area (TPSA) is 53.4 Å². The number of hydrogen-bond donors (Lipinski definition) is 2. The first kappa shape index (κ1) is 15.5. The van der Waals surface area contributed by atoms with Crippen LogP contribution < -0.4 is 0 Å². The summed E-state index contributed by atoms with van der Waals surface area (Å²) in [5.74, 6) is -0.414. The summed E-state index contributed by atoms with van der Waals surface area (Å²) in [6, 6.07) is 4.87. The van der Waals surface area contributed by atoms with Crippen LogP contribution in [0.1, 0.15) is 34.9 Å². The van der Waals surface area contributed by atoms with Gasteiger partial charge in [0.05, 0.1) is 17.2 Å². The Morgan fingerprint density at radius 3 is 2.45 bits per heavy atom. The van der Waals surface area contributed by atoms with Crippen LogP contribution in [0.15, 0.2) is 24.3 Å². The molecule has 22 heavy (non-hydrogen) atoms. The molecule has 3 nitrogen and oxygen atoms in total. The molecule has 0 fully saturated rings. The molecule has 0 radical (unpaired) electrons. The number of benzene rings is 1. The van der Waals surface area contributed by atoms with Gasteiger partial charge in [-0.1, -0.05) is 12.1 Å². The predicted molar refractivity (Wildman–Crippen MR) is 76.5 cm³/mol. The number of thiazole rings is 1. The molecular formula is C15H14F3NO2S. The second-order valence-electron chi connectivity index (χ2n) is 5.31. The Morgan fingerprint density at radius 1 is 1.18 bits per heavy atom. The van der Waals surface area contributed by atoms with Crippen LogP contribution in [0.3, 0.4) is 0 Å². The maximum absolute atomic E-state index is 12.6. The highest BCUT2D eigenvalue weighted by atomic mass is 32.1. The molecule has 0 amide bonds. The fourth-order valence-electron chi connectivity index (χ4n) is 2.67. The van der Waals surface area contributed by atoms with Crippen molar-refractivity contribution in [3.63, 3.8) is 0 Å². The summed E-state index contributed by atoms with van der Waals surface area (Å²) in [6.07, 6.45) is -3.49. The molecule has 0 saturated carbocycles. The average molecular weight is 329 g/mol. The molecule has 0 aliphatic heterocycles. The Bertz CT molecular complexity index is 664. The van der Waals surface area contributed by atoms with Gasteiger partial charge in [0.2, 0.25) is 0 Å². The maximum Gasteiger partial charge on any atom is 0.416 e. The monoisotopic (exact) mass is 329 g/mol. The maximum atomic E-state index is 12.6. The molecule has 1 aromatic heterocycles. The zero-order chi connectivity index (χ0) is 15.9. The van der Waals surface area contributed by atoms with Crippen molar-refractivity contribution >= 4 is 11.3 Å². The van der Waals surface area contributed by atoms with Gasteiger partial charge in [-0.15, -0.1) is 11.3 Å². The first-order valence-corrected chi connectivity index (χ1v) is 7.71. The van der Waals surface area contributed by atoms with E-state index < -0.39 is 23.9 Å². The van der Waals surface area contributed by atoms with Crippen LogP contribution in [0, 0.1) is 0 Å². The van der Waals surface area contributed by atoms with E-state index in [-0.39, 0.29) is 0 Å². The number of fused-ring (bicyclic) bond motifs is 1. The van der Waals surface area contributed by atoms with Gasteiger partial charge in [-0.2, -0.15) is 13.2 Å². The number of alkyl halides is 3. The summed E-state index contributed by atoms with van der Waals surface area (Å²) in [4.78, 5) is 5.42. The summed E-state index contributed by atoms with van der Waals surface area (Å²) in [5.41, 5.74) is 0.584. The normalized spacial score (nSPS) is 18.5. The van der Waals surface area contributed by atoms with Gasteiger partial charge in [0.1, 0.15) is 5.01 Å². The van der Waals surface area contributed by atoms with Crippen LogP contribution in [0.4, 0.5) is 13.2 Å². The summed E-state index contributed by atoms with van der Waals surface area (Å²) < 4.78 is 37.7. The van der Waals surface area contributed by atoms with E-state index in [9.17, 15) is 23.4 Å². The van der Waals surface area contributed by atoms with Crippen LogP contribution in [0.25, 0.3) is 10.6 Å². The minimum Gasteiger partial charge on any atom is -0.368 e. The number of aliphatic hydroxyl groups excluding tert-OH is 1. The molecule has 1 atom stereocenters. The summed E-state index contributed by atoms with van der Waals surface area (Å²) in [6.45, 7) is 0. The quantitative estimate of drug-likeness (QED) is 0.829. The van der Waals surface area contributed by atoms with Crippen LogP contribution in [0.5, 0.6) is 0 Å². The van der Waals surface area contributed by atoms with Crippen LogP contribution >= 0.6 is 11.3 Å². The van der Waals surface area contributed by atoms with Crippen molar-refractivity contribution in [1.82, 2.24) is 4.98 Å². The van der Waals surface area contributed by atoms with Crippen molar-refractivity contribution in [2.24, 2.45) is 0 Å². The summed E-state index contributed by atoms with van der Waals surface area (Å²) >= 11 is 1.41. The van der Waals surface area contributed by atoms with Gasteiger partial charge in [-0.05, 0) is 31.4 Å². The van der Waals surface area contributed by atoms with E-state index in [1.165, 1.54) is 23.5 Å². The standard InChI is InChI=1S/C15H14F3NO2S/c16-15(17,18)9-6-4-8(5-7-9)13-19-12-10(14(20)21)2-1-3-11(12)22-13/h4-7,10,14,20-21H,1-3H2. The Morgan fingerprint density at radius 2 is 1.86 bits per heavy atom. The highest BCUT2D eigenvalue weighted by Gasteiger charge is 2.31. The fraction of sp³-hybridized carbons (Fsp3) is 0.400. The van der Waals surface area contributed by atoms with Crippen molar-refractivity contribution in [3.8, 4) is 10.6 Å². The molecular weight excluding hydrogens is 315 g/mol. The lowest BCUT2D eigenvalue weighted by Crippen LogP contribution is -2.21. The highest BCUT2D eigenvalue weighted by Crippen LogP contribution is 2.39. The molecule has 2 N–H and O–H groups in total. The molecule has 1 aliphatic rings. The van der Waals surface area contributed by atoms with E-state index in [1.54, 1.807) is 0 Å². The van der Waals surface area contributed by atoms with Crippen LogP contribution in [-0.4, -0.2) is 21.5 Å². The number of aryl methyl sites for hydroxylation is 1. The Balaban J connectivity index is 1.93. The minimum atomic E-state index is -4.35. The van der Waals surface area contributed by atoms with E-state index in [4.69, 9.17) is 0 Å². The first-order valence-electron chi connectivity index (χ1n) is 6.89. The van der Waals surface area contributed by atoms with Gasteiger partial charge in [0, 0.05) is 10.4 Å². The third kappa shape index (κ3) is 2.88. The van der Waals surface area contributed by atoms with E-state index >= 15 is 0 Å². The molecule has 0 spiro atoms. The third-order valence-corrected chi connectivity index (χ3v) is 5.00. The van der Waals surface area contributed by atoms with E-state index in [2.05, 4.69) is 4.98 Å². The second-order valence-corrected chi connectivity index (χ2v) is 6.40. The highest BCUT2D eigenvalue weighted by molar-refractivity contribution is 7.15. The van der Waals surface area contributed by atoms with Gasteiger partial charge in [0.25, 0.3) is 0 Å². The Hall–Kier alpha value is -1.44. The van der Waals surface area contributed by atoms with E-state index in [1.807, 2.05) is 0 Å². The van der Waals surface area contributed by atoms with Crippen LogP contribution in [-0.2, 0) is 12.6 Å². The Kier molecular flexibility index (Phi) is 3.96. The molecule has 3 rings (SSSR count). The van der Waals surface area contributed by atoms with Gasteiger partial charge in [-0.25, -0.2) is 4.98 Å². The first-order chi connectivity index (χ1) is 10.4. The largest absolute Gasteiger partial charge is 0.416 e. The van der Waals surface area contributed by atoms with Crippen molar-refractivity contribution < 1.29 is 23.4 Å². The number of aliphatic hydroxyl groups is 2. The van der Waals surface area contributed by atoms with Gasteiger partial charge in [0.15, 0.2) is 6.29 Å².